The van der Waals surface area contributed by atoms with E-state index in [4.69, 9.17) is 9.47 Å². The number of halogens is 1. The van der Waals surface area contributed by atoms with Crippen molar-refractivity contribution in [3.8, 4) is 5.75 Å². The Hall–Kier alpha value is -4.92. The number of likely N-dealkylation sites (N-methyl/N-ethyl adjacent to an activating group) is 1. The standard InChI is InChI=1S/C37H43FN4O4/c1-8-32(26-11-16-30(38)17-12-26)35(28-15-20-33-29(24-28)25-39-41(33)7)27-13-18-31(19-14-27)45-23-22-42(36(44)46-37(2,3)4)21-9-10-34(43)40(5)6/h9-20,24-25H,8,21-23H2,1-7H3/b10-9+,35-32+. The topological polar surface area (TPSA) is 76.9 Å². The van der Waals surface area contributed by atoms with Crippen LogP contribution in [0.3, 0.4) is 0 Å². The van der Waals surface area contributed by atoms with Gasteiger partial charge in [-0.05, 0) is 91.4 Å². The number of hydrogen-bond acceptors (Lipinski definition) is 5. The summed E-state index contributed by atoms with van der Waals surface area (Å²) in [6.45, 7) is 8.22. The second-order valence-electron chi connectivity index (χ2n) is 12.2. The van der Waals surface area contributed by atoms with E-state index in [2.05, 4.69) is 30.2 Å². The van der Waals surface area contributed by atoms with Crippen molar-refractivity contribution >= 4 is 34.0 Å². The number of aromatic nitrogens is 2. The summed E-state index contributed by atoms with van der Waals surface area (Å²) >= 11 is 0. The van der Waals surface area contributed by atoms with Gasteiger partial charge in [-0.3, -0.25) is 9.48 Å². The van der Waals surface area contributed by atoms with Gasteiger partial charge in [0, 0.05) is 39.2 Å². The molecule has 4 rings (SSSR count). The van der Waals surface area contributed by atoms with Crippen molar-refractivity contribution in [3.63, 3.8) is 0 Å². The number of amides is 2. The Morgan fingerprint density at radius 1 is 0.957 bits per heavy atom. The SMILES string of the molecule is CC/C(=C(/c1ccc(OCCN(C/C=C/C(=O)N(C)C)C(=O)OC(C)(C)C)cc1)c1ccc2c(cnn2C)c1)c1ccc(F)cc1. The Kier molecular flexibility index (Phi) is 11.0. The molecular weight excluding hydrogens is 583 g/mol. The molecule has 242 valence electrons. The Labute approximate surface area is 270 Å². The number of aryl methyl sites for hydroxylation is 1. The summed E-state index contributed by atoms with van der Waals surface area (Å²) in [5, 5.41) is 5.43. The molecule has 4 aromatic rings. The molecule has 46 heavy (non-hydrogen) atoms. The lowest BCUT2D eigenvalue weighted by molar-refractivity contribution is -0.123. The zero-order valence-corrected chi connectivity index (χ0v) is 27.7. The molecule has 8 nitrogen and oxygen atoms in total. The molecule has 0 aliphatic carbocycles. The van der Waals surface area contributed by atoms with Crippen LogP contribution in [0.5, 0.6) is 5.75 Å². The third-order valence-corrected chi connectivity index (χ3v) is 7.33. The molecule has 3 aromatic carbocycles. The normalized spacial score (nSPS) is 12.3. The zero-order valence-electron chi connectivity index (χ0n) is 27.7. The van der Waals surface area contributed by atoms with E-state index in [1.54, 1.807) is 20.2 Å². The van der Waals surface area contributed by atoms with Gasteiger partial charge in [-0.2, -0.15) is 5.10 Å². The summed E-state index contributed by atoms with van der Waals surface area (Å²) < 4.78 is 27.3. The summed E-state index contributed by atoms with van der Waals surface area (Å²) in [5.74, 6) is 0.204. The molecule has 9 heteroatoms. The van der Waals surface area contributed by atoms with Gasteiger partial charge in [0.25, 0.3) is 0 Å². The highest BCUT2D eigenvalue weighted by atomic mass is 19.1. The minimum absolute atomic E-state index is 0.167. The quantitative estimate of drug-likeness (QED) is 0.129. The van der Waals surface area contributed by atoms with E-state index in [9.17, 15) is 14.0 Å². The molecule has 0 aliphatic heterocycles. The lowest BCUT2D eigenvalue weighted by Crippen LogP contribution is -2.39. The number of carbonyl (C=O) groups excluding carboxylic acids is 2. The van der Waals surface area contributed by atoms with Crippen LogP contribution in [0.4, 0.5) is 9.18 Å². The number of benzene rings is 3. The van der Waals surface area contributed by atoms with E-state index in [1.807, 2.05) is 75.1 Å². The van der Waals surface area contributed by atoms with Crippen LogP contribution in [0, 0.1) is 5.82 Å². The Morgan fingerprint density at radius 2 is 1.61 bits per heavy atom. The lowest BCUT2D eigenvalue weighted by atomic mass is 9.88. The fraction of sp³-hybridized carbons (Fsp3) is 0.324. The number of rotatable bonds is 11. The van der Waals surface area contributed by atoms with Crippen molar-refractivity contribution in [1.29, 1.82) is 0 Å². The molecule has 0 unspecified atom stereocenters. The van der Waals surface area contributed by atoms with E-state index < -0.39 is 11.7 Å². The van der Waals surface area contributed by atoms with Gasteiger partial charge in [0.15, 0.2) is 0 Å². The fourth-order valence-corrected chi connectivity index (χ4v) is 5.02. The molecule has 0 bridgehead atoms. The van der Waals surface area contributed by atoms with E-state index in [0.29, 0.717) is 5.75 Å². The first-order valence-electron chi connectivity index (χ1n) is 15.4. The summed E-state index contributed by atoms with van der Waals surface area (Å²) in [6.07, 6.45) is 5.18. The van der Waals surface area contributed by atoms with Gasteiger partial charge >= 0.3 is 6.09 Å². The molecule has 0 saturated carbocycles. The van der Waals surface area contributed by atoms with E-state index in [0.717, 1.165) is 45.2 Å². The predicted molar refractivity (Wildman–Crippen MR) is 181 cm³/mol. The number of hydrogen-bond donors (Lipinski definition) is 0. The highest BCUT2D eigenvalue weighted by Crippen LogP contribution is 2.36. The maximum atomic E-state index is 13.8. The van der Waals surface area contributed by atoms with Crippen LogP contribution in [-0.2, 0) is 16.6 Å². The minimum atomic E-state index is -0.659. The highest BCUT2D eigenvalue weighted by Gasteiger charge is 2.22. The molecule has 0 aliphatic rings. The van der Waals surface area contributed by atoms with Crippen LogP contribution in [-0.4, -0.2) is 71.0 Å². The Balaban J connectivity index is 1.57. The maximum Gasteiger partial charge on any atom is 0.410 e. The third-order valence-electron chi connectivity index (χ3n) is 7.33. The monoisotopic (exact) mass is 626 g/mol. The van der Waals surface area contributed by atoms with Crippen molar-refractivity contribution in [1.82, 2.24) is 19.6 Å². The summed E-state index contributed by atoms with van der Waals surface area (Å²) in [7, 11) is 5.26. The average molecular weight is 627 g/mol. The Bertz CT molecular complexity index is 1720. The zero-order chi connectivity index (χ0) is 33.4. The molecule has 0 atom stereocenters. The predicted octanol–water partition coefficient (Wildman–Crippen LogP) is 7.34. The number of fused-ring (bicyclic) bond motifs is 1. The van der Waals surface area contributed by atoms with Gasteiger partial charge in [-0.1, -0.05) is 43.3 Å². The molecule has 0 N–H and O–H groups in total. The van der Waals surface area contributed by atoms with Crippen LogP contribution in [0.2, 0.25) is 0 Å². The van der Waals surface area contributed by atoms with Crippen LogP contribution < -0.4 is 4.74 Å². The van der Waals surface area contributed by atoms with Gasteiger partial charge in [-0.15, -0.1) is 0 Å². The summed E-state index contributed by atoms with van der Waals surface area (Å²) in [5.41, 5.74) is 5.48. The minimum Gasteiger partial charge on any atom is -0.492 e. The first-order valence-corrected chi connectivity index (χ1v) is 15.4. The van der Waals surface area contributed by atoms with E-state index in [-0.39, 0.29) is 31.4 Å². The van der Waals surface area contributed by atoms with Gasteiger partial charge in [0.1, 0.15) is 23.8 Å². The van der Waals surface area contributed by atoms with Crippen molar-refractivity contribution in [2.75, 3.05) is 33.8 Å². The van der Waals surface area contributed by atoms with E-state index in [1.165, 1.54) is 28.0 Å². The fourth-order valence-electron chi connectivity index (χ4n) is 5.02. The van der Waals surface area contributed by atoms with Gasteiger partial charge in [0.05, 0.1) is 18.3 Å². The molecule has 1 heterocycles. The molecule has 2 amide bonds. The molecule has 0 radical (unpaired) electrons. The third kappa shape index (κ3) is 8.84. The summed E-state index contributed by atoms with van der Waals surface area (Å²) in [6, 6.07) is 20.7. The molecule has 1 aromatic heterocycles. The van der Waals surface area contributed by atoms with Crippen molar-refractivity contribution in [2.45, 2.75) is 39.7 Å². The Morgan fingerprint density at radius 3 is 2.24 bits per heavy atom. The lowest BCUT2D eigenvalue weighted by Gasteiger charge is -2.26. The first kappa shape index (κ1) is 34.0. The van der Waals surface area contributed by atoms with Gasteiger partial charge in [-0.25, -0.2) is 9.18 Å². The molecule has 0 fully saturated rings. The number of nitrogens with zero attached hydrogens (tertiary/aromatic N) is 4. The van der Waals surface area contributed by atoms with Crippen molar-refractivity contribution < 1.29 is 23.5 Å². The first-order chi connectivity index (χ1) is 21.9. The maximum absolute atomic E-state index is 13.8. The average Bonchev–Trinajstić information content (AvgIpc) is 3.38. The largest absolute Gasteiger partial charge is 0.492 e. The van der Waals surface area contributed by atoms with Crippen LogP contribution in [0.15, 0.2) is 85.1 Å². The molecule has 0 saturated heterocycles. The smallest absolute Gasteiger partial charge is 0.410 e. The molecule has 0 spiro atoms. The number of carbonyl (C=O) groups is 2. The van der Waals surface area contributed by atoms with Crippen molar-refractivity contribution in [3.05, 3.63) is 108 Å². The number of ether oxygens (including phenoxy) is 2. The second kappa shape index (κ2) is 14.9. The second-order valence-corrected chi connectivity index (χ2v) is 12.2. The van der Waals surface area contributed by atoms with E-state index >= 15 is 0 Å². The van der Waals surface area contributed by atoms with Gasteiger partial charge < -0.3 is 19.3 Å². The van der Waals surface area contributed by atoms with Gasteiger partial charge in [0.2, 0.25) is 5.91 Å². The van der Waals surface area contributed by atoms with Crippen LogP contribution >= 0.6 is 0 Å². The van der Waals surface area contributed by atoms with Crippen molar-refractivity contribution in [2.24, 2.45) is 7.05 Å². The van der Waals surface area contributed by atoms with Crippen LogP contribution in [0.25, 0.3) is 22.0 Å². The number of allylic oxidation sites excluding steroid dienone is 1. The highest BCUT2D eigenvalue weighted by molar-refractivity contribution is 6.00. The molecular formula is C37H43FN4O4. The summed E-state index contributed by atoms with van der Waals surface area (Å²) in [4.78, 5) is 27.8. The van der Waals surface area contributed by atoms with Crippen LogP contribution in [0.1, 0.15) is 50.8 Å².